The number of hydrogen-bond donors (Lipinski definition) is 1. The van der Waals surface area contributed by atoms with E-state index in [0.717, 1.165) is 28.2 Å². The summed E-state index contributed by atoms with van der Waals surface area (Å²) in [5, 5.41) is 5.56. The van der Waals surface area contributed by atoms with Gasteiger partial charge in [0.1, 0.15) is 18.2 Å². The number of aromatic nitrogens is 1. The number of pyridine rings is 1. The van der Waals surface area contributed by atoms with E-state index < -0.39 is 0 Å². The standard InChI is InChI=1S/C26H25N3O/c1-18-12-20(3)26-24(13-18)19(2)14-25(28-26)29-27-16-22-10-7-11-23(15-22)30-17-21-8-5-4-6-9-21/h4-16H,17H2,1-3H3,(H,28,29). The van der Waals surface area contributed by atoms with Crippen LogP contribution in [0, 0.1) is 20.8 Å². The van der Waals surface area contributed by atoms with Gasteiger partial charge in [-0.15, -0.1) is 0 Å². The maximum Gasteiger partial charge on any atom is 0.147 e. The highest BCUT2D eigenvalue weighted by atomic mass is 16.5. The zero-order valence-electron chi connectivity index (χ0n) is 17.5. The fourth-order valence-corrected chi connectivity index (χ4v) is 3.50. The number of nitrogens with one attached hydrogen (secondary N) is 1. The molecule has 0 bridgehead atoms. The molecule has 1 heterocycles. The average Bonchev–Trinajstić information content (AvgIpc) is 2.74. The molecule has 1 N–H and O–H groups in total. The first-order chi connectivity index (χ1) is 14.6. The fourth-order valence-electron chi connectivity index (χ4n) is 3.50. The van der Waals surface area contributed by atoms with Crippen LogP contribution in [0.3, 0.4) is 0 Å². The van der Waals surface area contributed by atoms with E-state index in [4.69, 9.17) is 9.72 Å². The molecular weight excluding hydrogens is 370 g/mol. The Hall–Kier alpha value is -3.66. The Labute approximate surface area is 177 Å². The van der Waals surface area contributed by atoms with Gasteiger partial charge in [0.05, 0.1) is 11.7 Å². The van der Waals surface area contributed by atoms with Crippen LogP contribution in [-0.4, -0.2) is 11.2 Å². The lowest BCUT2D eigenvalue weighted by Crippen LogP contribution is -1.98. The number of nitrogens with zero attached hydrogens (tertiary/aromatic N) is 2. The Morgan fingerprint density at radius 2 is 1.73 bits per heavy atom. The van der Waals surface area contributed by atoms with E-state index in [1.165, 1.54) is 22.1 Å². The van der Waals surface area contributed by atoms with E-state index in [9.17, 15) is 0 Å². The number of fused-ring (bicyclic) bond motifs is 1. The molecule has 1 aromatic heterocycles. The molecule has 4 heteroatoms. The minimum absolute atomic E-state index is 0.540. The number of hydrazone groups is 1. The van der Waals surface area contributed by atoms with Crippen molar-refractivity contribution in [1.82, 2.24) is 4.98 Å². The first-order valence-electron chi connectivity index (χ1n) is 10.0. The van der Waals surface area contributed by atoms with Crippen LogP contribution in [0.4, 0.5) is 5.82 Å². The van der Waals surface area contributed by atoms with Crippen molar-refractivity contribution < 1.29 is 4.74 Å². The largest absolute Gasteiger partial charge is 0.489 e. The summed E-state index contributed by atoms with van der Waals surface area (Å²) in [5.74, 6) is 1.55. The zero-order chi connectivity index (χ0) is 20.9. The molecule has 0 spiro atoms. The predicted octanol–water partition coefficient (Wildman–Crippen LogP) is 6.19. The molecule has 0 unspecified atom stereocenters. The average molecular weight is 396 g/mol. The molecule has 0 aliphatic heterocycles. The van der Waals surface area contributed by atoms with Crippen molar-refractivity contribution in [3.8, 4) is 5.75 Å². The zero-order valence-corrected chi connectivity index (χ0v) is 17.5. The summed E-state index contributed by atoms with van der Waals surface area (Å²) < 4.78 is 5.89. The first-order valence-corrected chi connectivity index (χ1v) is 10.0. The lowest BCUT2D eigenvalue weighted by Gasteiger charge is -2.09. The van der Waals surface area contributed by atoms with Crippen molar-refractivity contribution in [2.45, 2.75) is 27.4 Å². The quantitative estimate of drug-likeness (QED) is 0.313. The lowest BCUT2D eigenvalue weighted by atomic mass is 10.0. The normalized spacial score (nSPS) is 11.2. The van der Waals surface area contributed by atoms with Gasteiger partial charge in [0.2, 0.25) is 0 Å². The maximum atomic E-state index is 5.89. The summed E-state index contributed by atoms with van der Waals surface area (Å²) in [6.07, 6.45) is 1.78. The van der Waals surface area contributed by atoms with Gasteiger partial charge in [-0.05, 0) is 67.3 Å². The van der Waals surface area contributed by atoms with E-state index in [2.05, 4.69) is 55.6 Å². The van der Waals surface area contributed by atoms with Gasteiger partial charge in [-0.1, -0.05) is 54.1 Å². The van der Waals surface area contributed by atoms with E-state index in [1.807, 2.05) is 48.5 Å². The van der Waals surface area contributed by atoms with Gasteiger partial charge < -0.3 is 4.74 Å². The minimum Gasteiger partial charge on any atom is -0.489 e. The van der Waals surface area contributed by atoms with Crippen LogP contribution in [0.1, 0.15) is 27.8 Å². The lowest BCUT2D eigenvalue weighted by molar-refractivity contribution is 0.306. The Morgan fingerprint density at radius 3 is 2.57 bits per heavy atom. The van der Waals surface area contributed by atoms with Crippen LogP contribution in [0.2, 0.25) is 0 Å². The second-order valence-corrected chi connectivity index (χ2v) is 7.52. The van der Waals surface area contributed by atoms with Gasteiger partial charge in [0.15, 0.2) is 0 Å². The SMILES string of the molecule is Cc1cc(C)c2nc(NN=Cc3cccc(OCc4ccccc4)c3)cc(C)c2c1. The molecule has 30 heavy (non-hydrogen) atoms. The van der Waals surface area contributed by atoms with Crippen molar-refractivity contribution >= 4 is 22.9 Å². The molecule has 0 atom stereocenters. The van der Waals surface area contributed by atoms with Gasteiger partial charge in [-0.25, -0.2) is 4.98 Å². The van der Waals surface area contributed by atoms with Crippen molar-refractivity contribution in [2.24, 2.45) is 5.10 Å². The Balaban J connectivity index is 1.45. The molecule has 0 fully saturated rings. The monoisotopic (exact) mass is 395 g/mol. The highest BCUT2D eigenvalue weighted by molar-refractivity contribution is 5.87. The number of benzene rings is 3. The van der Waals surface area contributed by atoms with E-state index in [0.29, 0.717) is 6.61 Å². The summed E-state index contributed by atoms with van der Waals surface area (Å²) in [7, 11) is 0. The van der Waals surface area contributed by atoms with Gasteiger partial charge in [-0.2, -0.15) is 5.10 Å². The minimum atomic E-state index is 0.540. The number of aryl methyl sites for hydroxylation is 3. The van der Waals surface area contributed by atoms with Gasteiger partial charge in [0.25, 0.3) is 0 Å². The Morgan fingerprint density at radius 1 is 0.900 bits per heavy atom. The van der Waals surface area contributed by atoms with Gasteiger partial charge in [-0.3, -0.25) is 5.43 Å². The number of hydrogen-bond acceptors (Lipinski definition) is 4. The fraction of sp³-hybridized carbons (Fsp3) is 0.154. The van der Waals surface area contributed by atoms with Gasteiger partial charge >= 0.3 is 0 Å². The van der Waals surface area contributed by atoms with E-state index in [-0.39, 0.29) is 0 Å². The second-order valence-electron chi connectivity index (χ2n) is 7.52. The number of ether oxygens (including phenoxy) is 1. The van der Waals surface area contributed by atoms with Crippen molar-refractivity contribution in [3.63, 3.8) is 0 Å². The topological polar surface area (TPSA) is 46.5 Å². The molecule has 0 saturated heterocycles. The first kappa shape index (κ1) is 19.6. The third kappa shape index (κ3) is 4.66. The van der Waals surface area contributed by atoms with Crippen molar-refractivity contribution in [3.05, 3.63) is 101 Å². The second kappa shape index (κ2) is 8.78. The molecule has 0 aliphatic carbocycles. The van der Waals surface area contributed by atoms with Crippen LogP contribution in [-0.2, 0) is 6.61 Å². The smallest absolute Gasteiger partial charge is 0.147 e. The molecule has 0 amide bonds. The molecule has 150 valence electrons. The highest BCUT2D eigenvalue weighted by Gasteiger charge is 2.06. The van der Waals surface area contributed by atoms with Crippen LogP contribution >= 0.6 is 0 Å². The molecule has 4 nitrogen and oxygen atoms in total. The molecule has 0 aliphatic rings. The number of anilines is 1. The molecule has 4 aromatic rings. The van der Waals surface area contributed by atoms with Crippen LogP contribution in [0.15, 0.2) is 77.9 Å². The predicted molar refractivity (Wildman–Crippen MR) is 124 cm³/mol. The van der Waals surface area contributed by atoms with Crippen LogP contribution < -0.4 is 10.2 Å². The van der Waals surface area contributed by atoms with E-state index >= 15 is 0 Å². The Bertz CT molecular complexity index is 1200. The van der Waals surface area contributed by atoms with Crippen LogP contribution in [0.5, 0.6) is 5.75 Å². The molecule has 3 aromatic carbocycles. The van der Waals surface area contributed by atoms with Gasteiger partial charge in [0, 0.05) is 5.39 Å². The summed E-state index contributed by atoms with van der Waals surface area (Å²) in [6.45, 7) is 6.85. The summed E-state index contributed by atoms with van der Waals surface area (Å²) in [4.78, 5) is 4.74. The highest BCUT2D eigenvalue weighted by Crippen LogP contribution is 2.24. The van der Waals surface area contributed by atoms with Crippen molar-refractivity contribution in [1.29, 1.82) is 0 Å². The molecule has 0 saturated carbocycles. The summed E-state index contributed by atoms with van der Waals surface area (Å²) in [5.41, 5.74) is 9.77. The Kier molecular flexibility index (Phi) is 5.75. The summed E-state index contributed by atoms with van der Waals surface area (Å²) in [6, 6.07) is 24.4. The van der Waals surface area contributed by atoms with E-state index in [1.54, 1.807) is 6.21 Å². The summed E-state index contributed by atoms with van der Waals surface area (Å²) >= 11 is 0. The number of rotatable bonds is 6. The maximum absolute atomic E-state index is 5.89. The molecule has 0 radical (unpaired) electrons. The van der Waals surface area contributed by atoms with Crippen LogP contribution in [0.25, 0.3) is 10.9 Å². The van der Waals surface area contributed by atoms with Crippen molar-refractivity contribution in [2.75, 3.05) is 5.43 Å². The molecule has 4 rings (SSSR count). The third-order valence-electron chi connectivity index (χ3n) is 4.95. The molecular formula is C26H25N3O. The third-order valence-corrected chi connectivity index (χ3v) is 4.95.